The van der Waals surface area contributed by atoms with E-state index in [1.54, 1.807) is 14.2 Å². The number of para-hydroxylation sites is 1. The van der Waals surface area contributed by atoms with E-state index in [-0.39, 0.29) is 5.41 Å². The molecule has 0 aliphatic carbocycles. The number of benzene rings is 2. The quantitative estimate of drug-likeness (QED) is 0.514. The SMILES string of the molecule is CCNC(=NCC1(c2ccc(OC)cc2)CCOCC1)N(C)Cc1ccccc1OC. The summed E-state index contributed by atoms with van der Waals surface area (Å²) >= 11 is 0. The zero-order valence-electron chi connectivity index (χ0n) is 19.2. The normalized spacial score (nSPS) is 15.9. The number of hydrogen-bond acceptors (Lipinski definition) is 4. The lowest BCUT2D eigenvalue weighted by molar-refractivity contribution is 0.0530. The Bertz CT molecular complexity index is 845. The predicted octanol–water partition coefficient (Wildman–Crippen LogP) is 3.85. The zero-order valence-corrected chi connectivity index (χ0v) is 19.2. The molecule has 1 saturated heterocycles. The molecule has 168 valence electrons. The summed E-state index contributed by atoms with van der Waals surface area (Å²) in [5.41, 5.74) is 2.40. The molecule has 0 radical (unpaired) electrons. The van der Waals surface area contributed by atoms with Crippen LogP contribution in [0.3, 0.4) is 0 Å². The van der Waals surface area contributed by atoms with Gasteiger partial charge >= 0.3 is 0 Å². The summed E-state index contributed by atoms with van der Waals surface area (Å²) in [6.07, 6.45) is 1.91. The molecule has 1 aliphatic heterocycles. The molecule has 0 bridgehead atoms. The van der Waals surface area contributed by atoms with Gasteiger partial charge in [0.1, 0.15) is 11.5 Å². The first-order valence-corrected chi connectivity index (χ1v) is 11.0. The van der Waals surface area contributed by atoms with E-state index < -0.39 is 0 Å². The zero-order chi connectivity index (χ0) is 22.1. The van der Waals surface area contributed by atoms with E-state index in [2.05, 4.69) is 42.4 Å². The van der Waals surface area contributed by atoms with E-state index in [9.17, 15) is 0 Å². The molecule has 2 aromatic rings. The fourth-order valence-corrected chi connectivity index (χ4v) is 4.10. The summed E-state index contributed by atoms with van der Waals surface area (Å²) in [4.78, 5) is 7.24. The topological polar surface area (TPSA) is 55.3 Å². The fraction of sp³-hybridized carbons (Fsp3) is 0.480. The van der Waals surface area contributed by atoms with Crippen LogP contribution in [-0.4, -0.2) is 58.4 Å². The van der Waals surface area contributed by atoms with Crippen molar-refractivity contribution < 1.29 is 14.2 Å². The van der Waals surface area contributed by atoms with Gasteiger partial charge in [-0.2, -0.15) is 0 Å². The van der Waals surface area contributed by atoms with Gasteiger partial charge in [0.05, 0.1) is 20.8 Å². The summed E-state index contributed by atoms with van der Waals surface area (Å²) in [5.74, 6) is 2.66. The molecule has 1 fully saturated rings. The monoisotopic (exact) mass is 425 g/mol. The summed E-state index contributed by atoms with van der Waals surface area (Å²) in [7, 11) is 5.48. The maximum Gasteiger partial charge on any atom is 0.193 e. The first kappa shape index (κ1) is 22.9. The molecule has 0 saturated carbocycles. The van der Waals surface area contributed by atoms with Crippen molar-refractivity contribution in [1.82, 2.24) is 10.2 Å². The average Bonchev–Trinajstić information content (AvgIpc) is 2.82. The van der Waals surface area contributed by atoms with E-state index in [1.807, 2.05) is 30.3 Å². The molecule has 31 heavy (non-hydrogen) atoms. The number of nitrogens with one attached hydrogen (secondary N) is 1. The van der Waals surface area contributed by atoms with Crippen LogP contribution in [0.1, 0.15) is 30.9 Å². The highest BCUT2D eigenvalue weighted by Crippen LogP contribution is 2.36. The van der Waals surface area contributed by atoms with E-state index in [0.29, 0.717) is 13.1 Å². The first-order chi connectivity index (χ1) is 15.1. The minimum absolute atomic E-state index is 0.0313. The molecule has 0 atom stereocenters. The van der Waals surface area contributed by atoms with Gasteiger partial charge in [-0.1, -0.05) is 30.3 Å². The highest BCUT2D eigenvalue weighted by Gasteiger charge is 2.34. The molecule has 0 amide bonds. The highest BCUT2D eigenvalue weighted by atomic mass is 16.5. The van der Waals surface area contributed by atoms with Crippen molar-refractivity contribution >= 4 is 5.96 Å². The van der Waals surface area contributed by atoms with Crippen LogP contribution in [0.25, 0.3) is 0 Å². The molecule has 1 heterocycles. The molecule has 0 unspecified atom stereocenters. The minimum atomic E-state index is -0.0313. The van der Waals surface area contributed by atoms with Crippen molar-refractivity contribution in [3.05, 3.63) is 59.7 Å². The third-order valence-corrected chi connectivity index (χ3v) is 5.98. The van der Waals surface area contributed by atoms with Crippen LogP contribution < -0.4 is 14.8 Å². The Kier molecular flexibility index (Phi) is 8.18. The number of ether oxygens (including phenoxy) is 3. The van der Waals surface area contributed by atoms with Gasteiger partial charge in [-0.3, -0.25) is 4.99 Å². The van der Waals surface area contributed by atoms with Crippen molar-refractivity contribution in [3.63, 3.8) is 0 Å². The summed E-state index contributed by atoms with van der Waals surface area (Å²) in [6.45, 7) is 5.86. The lowest BCUT2D eigenvalue weighted by Gasteiger charge is -2.37. The Morgan fingerprint density at radius 3 is 2.42 bits per heavy atom. The van der Waals surface area contributed by atoms with Crippen LogP contribution in [0.2, 0.25) is 0 Å². The van der Waals surface area contributed by atoms with Gasteiger partial charge in [-0.05, 0) is 43.5 Å². The number of hydrogen-bond donors (Lipinski definition) is 1. The van der Waals surface area contributed by atoms with Crippen molar-refractivity contribution in [2.45, 2.75) is 31.7 Å². The largest absolute Gasteiger partial charge is 0.497 e. The van der Waals surface area contributed by atoms with Crippen LogP contribution in [0.15, 0.2) is 53.5 Å². The molecular weight excluding hydrogens is 390 g/mol. The van der Waals surface area contributed by atoms with Crippen LogP contribution in [0.5, 0.6) is 11.5 Å². The maximum atomic E-state index is 5.68. The fourth-order valence-electron chi connectivity index (χ4n) is 4.10. The van der Waals surface area contributed by atoms with Gasteiger partial charge in [0, 0.05) is 44.3 Å². The molecular formula is C25H35N3O3. The van der Waals surface area contributed by atoms with Gasteiger partial charge in [0.2, 0.25) is 0 Å². The van der Waals surface area contributed by atoms with Crippen LogP contribution >= 0.6 is 0 Å². The molecule has 1 aliphatic rings. The van der Waals surface area contributed by atoms with Crippen LogP contribution in [0.4, 0.5) is 0 Å². The smallest absolute Gasteiger partial charge is 0.193 e. The van der Waals surface area contributed by atoms with Crippen molar-refractivity contribution in [2.24, 2.45) is 4.99 Å². The van der Waals surface area contributed by atoms with E-state index >= 15 is 0 Å². The lowest BCUT2D eigenvalue weighted by atomic mass is 9.74. The van der Waals surface area contributed by atoms with E-state index in [0.717, 1.165) is 55.6 Å². The molecule has 1 N–H and O–H groups in total. The first-order valence-electron chi connectivity index (χ1n) is 11.0. The Morgan fingerprint density at radius 2 is 1.77 bits per heavy atom. The number of rotatable bonds is 8. The molecule has 2 aromatic carbocycles. The van der Waals surface area contributed by atoms with E-state index in [1.165, 1.54) is 5.56 Å². The Hall–Kier alpha value is -2.73. The average molecular weight is 426 g/mol. The Balaban J connectivity index is 1.82. The second-order valence-corrected chi connectivity index (χ2v) is 7.96. The van der Waals surface area contributed by atoms with Crippen molar-refractivity contribution in [1.29, 1.82) is 0 Å². The second kappa shape index (κ2) is 11.0. The molecule has 0 aromatic heterocycles. The summed E-state index contributed by atoms with van der Waals surface area (Å²) in [5, 5.41) is 3.45. The third-order valence-electron chi connectivity index (χ3n) is 5.98. The Morgan fingerprint density at radius 1 is 1.06 bits per heavy atom. The number of nitrogens with zero attached hydrogens (tertiary/aromatic N) is 2. The highest BCUT2D eigenvalue weighted by molar-refractivity contribution is 5.79. The maximum absolute atomic E-state index is 5.68. The Labute approximate surface area is 186 Å². The number of methoxy groups -OCH3 is 2. The van der Waals surface area contributed by atoms with Crippen LogP contribution in [0, 0.1) is 0 Å². The molecule has 0 spiro atoms. The second-order valence-electron chi connectivity index (χ2n) is 7.96. The predicted molar refractivity (Wildman–Crippen MR) is 125 cm³/mol. The van der Waals surface area contributed by atoms with Gasteiger partial charge in [-0.25, -0.2) is 0 Å². The minimum Gasteiger partial charge on any atom is -0.497 e. The summed E-state index contributed by atoms with van der Waals surface area (Å²) in [6, 6.07) is 16.5. The molecule has 6 nitrogen and oxygen atoms in total. The molecule has 3 rings (SSSR count). The van der Waals surface area contributed by atoms with Crippen LogP contribution in [-0.2, 0) is 16.7 Å². The van der Waals surface area contributed by atoms with Gasteiger partial charge in [0.25, 0.3) is 0 Å². The standard InChI is InChI=1S/C25H35N3O3/c1-5-26-24(28(2)18-20-8-6-7-9-23(20)30-4)27-19-25(14-16-31-17-15-25)21-10-12-22(29-3)13-11-21/h6-13H,5,14-19H2,1-4H3,(H,26,27). The summed E-state index contributed by atoms with van der Waals surface area (Å²) < 4.78 is 16.6. The number of aliphatic imine (C=N–C) groups is 1. The lowest BCUT2D eigenvalue weighted by Crippen LogP contribution is -2.41. The van der Waals surface area contributed by atoms with Gasteiger partial charge in [-0.15, -0.1) is 0 Å². The molecule has 6 heteroatoms. The van der Waals surface area contributed by atoms with Crippen molar-refractivity contribution in [2.75, 3.05) is 47.6 Å². The van der Waals surface area contributed by atoms with Gasteiger partial charge < -0.3 is 24.4 Å². The van der Waals surface area contributed by atoms with Crippen molar-refractivity contribution in [3.8, 4) is 11.5 Å². The van der Waals surface area contributed by atoms with E-state index in [4.69, 9.17) is 19.2 Å². The number of guanidine groups is 1. The van der Waals surface area contributed by atoms with Gasteiger partial charge in [0.15, 0.2) is 5.96 Å². The third kappa shape index (κ3) is 5.70.